The van der Waals surface area contributed by atoms with Gasteiger partial charge in [0, 0.05) is 12.0 Å². The van der Waals surface area contributed by atoms with Crippen LogP contribution < -0.4 is 18.9 Å². The summed E-state index contributed by atoms with van der Waals surface area (Å²) in [5.41, 5.74) is 1.96. The van der Waals surface area contributed by atoms with Gasteiger partial charge in [-0.15, -0.1) is 10.2 Å². The molecule has 0 saturated heterocycles. The van der Waals surface area contributed by atoms with Gasteiger partial charge in [-0.3, -0.25) is 0 Å². The van der Waals surface area contributed by atoms with E-state index in [-0.39, 0.29) is 0 Å². The number of aromatic nitrogens is 4. The number of hydrogen-bond acceptors (Lipinski definition) is 8. The van der Waals surface area contributed by atoms with E-state index in [1.54, 1.807) is 18.7 Å². The highest BCUT2D eigenvalue weighted by Crippen LogP contribution is 2.33. The topological polar surface area (TPSA) is 80.0 Å². The van der Waals surface area contributed by atoms with Gasteiger partial charge in [0.25, 0.3) is 0 Å². The van der Waals surface area contributed by atoms with E-state index in [2.05, 4.69) is 10.2 Å². The van der Waals surface area contributed by atoms with Crippen LogP contribution in [0.4, 0.5) is 0 Å². The highest BCUT2D eigenvalue weighted by atomic mass is 32.1. The van der Waals surface area contributed by atoms with Crippen LogP contribution in [0.5, 0.6) is 23.0 Å². The van der Waals surface area contributed by atoms with Crippen LogP contribution in [0, 0.1) is 0 Å². The molecule has 4 aromatic rings. The monoisotopic (exact) mass is 410 g/mol. The number of hydrogen-bond donors (Lipinski definition) is 0. The average molecular weight is 410 g/mol. The van der Waals surface area contributed by atoms with Gasteiger partial charge < -0.3 is 18.9 Å². The van der Waals surface area contributed by atoms with E-state index in [0.717, 1.165) is 32.6 Å². The van der Waals surface area contributed by atoms with Gasteiger partial charge in [0.15, 0.2) is 28.8 Å². The van der Waals surface area contributed by atoms with Crippen molar-refractivity contribution in [2.45, 2.75) is 6.42 Å². The van der Waals surface area contributed by atoms with Gasteiger partial charge in [-0.2, -0.15) is 9.61 Å². The molecule has 1 aliphatic rings. The third-order valence-electron chi connectivity index (χ3n) is 4.64. The van der Waals surface area contributed by atoms with Crippen LogP contribution in [0.25, 0.3) is 16.3 Å². The molecule has 0 radical (unpaired) electrons. The average Bonchev–Trinajstić information content (AvgIpc) is 3.33. The van der Waals surface area contributed by atoms with Crippen molar-refractivity contribution >= 4 is 16.3 Å². The van der Waals surface area contributed by atoms with Gasteiger partial charge in [-0.1, -0.05) is 17.4 Å². The van der Waals surface area contributed by atoms with E-state index in [9.17, 15) is 0 Å². The second-order valence-corrected chi connectivity index (χ2v) is 7.48. The highest BCUT2D eigenvalue weighted by Gasteiger charge is 2.17. The molecule has 0 atom stereocenters. The molecule has 0 unspecified atom stereocenters. The first-order chi connectivity index (χ1) is 14.2. The quantitative estimate of drug-likeness (QED) is 0.500. The van der Waals surface area contributed by atoms with Crippen LogP contribution in [-0.4, -0.2) is 47.2 Å². The lowest BCUT2D eigenvalue weighted by atomic mass is 10.1. The first-order valence-electron chi connectivity index (χ1n) is 9.07. The minimum atomic E-state index is 0.571. The molecular weight excluding hydrogens is 392 g/mol. The SMILES string of the molecule is COc1ccc(-c2nnc3sc(Cc4ccc5c(c4)OCCO5)nn23)cc1OC. The summed E-state index contributed by atoms with van der Waals surface area (Å²) in [4.78, 5) is 0.738. The Bertz CT molecular complexity index is 1190. The summed E-state index contributed by atoms with van der Waals surface area (Å²) in [5.74, 6) is 3.52. The Morgan fingerprint density at radius 2 is 1.79 bits per heavy atom. The van der Waals surface area contributed by atoms with Gasteiger partial charge in [-0.05, 0) is 35.9 Å². The second-order valence-electron chi connectivity index (χ2n) is 6.44. The molecule has 1 aliphatic heterocycles. The van der Waals surface area contributed by atoms with Crippen molar-refractivity contribution in [1.82, 2.24) is 19.8 Å². The van der Waals surface area contributed by atoms with Crippen LogP contribution in [-0.2, 0) is 6.42 Å². The Kier molecular flexibility index (Phi) is 4.44. The van der Waals surface area contributed by atoms with Crippen molar-refractivity contribution in [3.05, 3.63) is 47.0 Å². The number of rotatable bonds is 5. The summed E-state index contributed by atoms with van der Waals surface area (Å²) in [5, 5.41) is 14.2. The molecule has 0 amide bonds. The Balaban J connectivity index is 1.46. The fourth-order valence-electron chi connectivity index (χ4n) is 3.26. The smallest absolute Gasteiger partial charge is 0.234 e. The molecule has 0 saturated carbocycles. The highest BCUT2D eigenvalue weighted by molar-refractivity contribution is 7.16. The molecule has 2 aromatic carbocycles. The maximum atomic E-state index is 5.67. The number of nitrogens with zero attached hydrogens (tertiary/aromatic N) is 4. The lowest BCUT2D eigenvalue weighted by Gasteiger charge is -2.18. The lowest BCUT2D eigenvalue weighted by molar-refractivity contribution is 0.171. The van der Waals surface area contributed by atoms with Crippen molar-refractivity contribution in [2.75, 3.05) is 27.4 Å². The van der Waals surface area contributed by atoms with E-state index >= 15 is 0 Å². The molecule has 29 heavy (non-hydrogen) atoms. The van der Waals surface area contributed by atoms with Crippen molar-refractivity contribution in [3.8, 4) is 34.4 Å². The number of fused-ring (bicyclic) bond motifs is 2. The second kappa shape index (κ2) is 7.25. The number of methoxy groups -OCH3 is 2. The minimum Gasteiger partial charge on any atom is -0.493 e. The summed E-state index contributed by atoms with van der Waals surface area (Å²) in [6, 6.07) is 11.6. The zero-order valence-corrected chi connectivity index (χ0v) is 16.7. The number of ether oxygens (including phenoxy) is 4. The summed E-state index contributed by atoms with van der Waals surface area (Å²) >= 11 is 1.51. The lowest BCUT2D eigenvalue weighted by Crippen LogP contribution is -2.15. The maximum Gasteiger partial charge on any atom is 0.234 e. The maximum absolute atomic E-state index is 5.67. The molecule has 2 aromatic heterocycles. The Morgan fingerprint density at radius 1 is 0.966 bits per heavy atom. The largest absolute Gasteiger partial charge is 0.493 e. The first kappa shape index (κ1) is 17.7. The van der Waals surface area contributed by atoms with E-state index in [4.69, 9.17) is 24.0 Å². The van der Waals surface area contributed by atoms with Crippen LogP contribution in [0.1, 0.15) is 10.6 Å². The Labute approximate surface area is 170 Å². The van der Waals surface area contributed by atoms with Gasteiger partial charge in [0.05, 0.1) is 14.2 Å². The van der Waals surface area contributed by atoms with Crippen LogP contribution in [0.15, 0.2) is 36.4 Å². The molecule has 3 heterocycles. The van der Waals surface area contributed by atoms with E-state index in [1.165, 1.54) is 11.3 Å². The zero-order valence-electron chi connectivity index (χ0n) is 15.9. The third kappa shape index (κ3) is 3.23. The van der Waals surface area contributed by atoms with Crippen LogP contribution >= 0.6 is 11.3 Å². The normalized spacial score (nSPS) is 12.9. The van der Waals surface area contributed by atoms with E-state index in [1.807, 2.05) is 36.4 Å². The minimum absolute atomic E-state index is 0.571. The van der Waals surface area contributed by atoms with Crippen LogP contribution in [0.3, 0.4) is 0 Å². The summed E-state index contributed by atoms with van der Waals surface area (Å²) in [6.07, 6.45) is 0.677. The first-order valence-corrected chi connectivity index (χ1v) is 9.89. The van der Waals surface area contributed by atoms with Gasteiger partial charge in [0.1, 0.15) is 18.2 Å². The molecule has 0 bridgehead atoms. The molecular formula is C20H18N4O4S. The number of benzene rings is 2. The van der Waals surface area contributed by atoms with Crippen LogP contribution in [0.2, 0.25) is 0 Å². The van der Waals surface area contributed by atoms with Crippen molar-refractivity contribution < 1.29 is 18.9 Å². The Morgan fingerprint density at radius 3 is 2.62 bits per heavy atom. The molecule has 0 spiro atoms. The molecule has 148 valence electrons. The summed E-state index contributed by atoms with van der Waals surface area (Å²) in [6.45, 7) is 1.16. The Hall–Kier alpha value is -3.33. The van der Waals surface area contributed by atoms with E-state index in [0.29, 0.717) is 37.0 Å². The predicted octanol–water partition coefficient (Wildman–Crippen LogP) is 3.23. The van der Waals surface area contributed by atoms with Gasteiger partial charge >= 0.3 is 0 Å². The fraction of sp³-hybridized carbons (Fsp3) is 0.250. The third-order valence-corrected chi connectivity index (χ3v) is 5.54. The van der Waals surface area contributed by atoms with Gasteiger partial charge in [0.2, 0.25) is 4.96 Å². The zero-order chi connectivity index (χ0) is 19.8. The van der Waals surface area contributed by atoms with Crippen molar-refractivity contribution in [2.24, 2.45) is 0 Å². The standard InChI is InChI=1S/C20H18N4O4S/c1-25-14-6-4-13(11-16(14)26-2)19-21-22-20-24(19)23-18(29-20)10-12-3-5-15-17(9-12)28-8-7-27-15/h3-6,9,11H,7-8,10H2,1-2H3. The van der Waals surface area contributed by atoms with Gasteiger partial charge in [-0.25, -0.2) is 0 Å². The van der Waals surface area contributed by atoms with Crippen molar-refractivity contribution in [3.63, 3.8) is 0 Å². The molecule has 5 rings (SSSR count). The summed E-state index contributed by atoms with van der Waals surface area (Å²) in [7, 11) is 3.21. The molecule has 9 heteroatoms. The fourth-order valence-corrected chi connectivity index (χ4v) is 4.12. The predicted molar refractivity (Wildman–Crippen MR) is 107 cm³/mol. The van der Waals surface area contributed by atoms with E-state index < -0.39 is 0 Å². The molecule has 0 N–H and O–H groups in total. The van der Waals surface area contributed by atoms with Crippen molar-refractivity contribution in [1.29, 1.82) is 0 Å². The molecule has 0 fully saturated rings. The summed E-state index contributed by atoms with van der Waals surface area (Å²) < 4.78 is 23.7. The molecule has 8 nitrogen and oxygen atoms in total. The molecule has 0 aliphatic carbocycles.